The molecule has 100 valence electrons. The maximum atomic E-state index is 11.3. The van der Waals surface area contributed by atoms with E-state index in [1.165, 1.54) is 4.68 Å². The first-order chi connectivity index (χ1) is 9.13. The number of hydrogen-bond donors (Lipinski definition) is 0. The van der Waals surface area contributed by atoms with Gasteiger partial charge in [0.25, 0.3) is 0 Å². The number of benzene rings is 1. The molecule has 1 heterocycles. The summed E-state index contributed by atoms with van der Waals surface area (Å²) in [5.74, 6) is 0.275. The molecule has 0 radical (unpaired) electrons. The Morgan fingerprint density at radius 1 is 1.42 bits per heavy atom. The summed E-state index contributed by atoms with van der Waals surface area (Å²) in [4.78, 5) is 10.8. The number of para-hydroxylation sites is 1. The minimum atomic E-state index is -0.433. The van der Waals surface area contributed by atoms with Crippen LogP contribution in [0.1, 0.15) is 19.0 Å². The SMILES string of the molecule is CCCOc1cccc(-n2ccc(C)n2)c1[N+](=O)[O-]. The van der Waals surface area contributed by atoms with E-state index in [4.69, 9.17) is 4.74 Å². The largest absolute Gasteiger partial charge is 0.487 e. The molecule has 6 nitrogen and oxygen atoms in total. The van der Waals surface area contributed by atoms with Crippen molar-refractivity contribution in [2.45, 2.75) is 20.3 Å². The standard InChI is InChI=1S/C13H15N3O3/c1-3-9-19-12-6-4-5-11(13(12)16(17)18)15-8-7-10(2)14-15/h4-8H,3,9H2,1-2H3. The van der Waals surface area contributed by atoms with Crippen molar-refractivity contribution in [1.29, 1.82) is 0 Å². The van der Waals surface area contributed by atoms with Gasteiger partial charge in [0.15, 0.2) is 5.75 Å². The molecule has 19 heavy (non-hydrogen) atoms. The van der Waals surface area contributed by atoms with Gasteiger partial charge in [-0.05, 0) is 31.5 Å². The molecule has 6 heteroatoms. The van der Waals surface area contributed by atoms with E-state index in [1.54, 1.807) is 30.5 Å². The molecule has 0 saturated carbocycles. The molecule has 0 aliphatic heterocycles. The molecule has 0 aliphatic carbocycles. The van der Waals surface area contributed by atoms with Crippen LogP contribution in [0.2, 0.25) is 0 Å². The Bertz CT molecular complexity index is 593. The zero-order valence-corrected chi connectivity index (χ0v) is 10.9. The Labute approximate surface area is 110 Å². The fourth-order valence-electron chi connectivity index (χ4n) is 1.76. The lowest BCUT2D eigenvalue weighted by atomic mass is 10.2. The number of nitro benzene ring substituents is 1. The van der Waals surface area contributed by atoms with Crippen molar-refractivity contribution in [3.63, 3.8) is 0 Å². The molecule has 0 bridgehead atoms. The van der Waals surface area contributed by atoms with Gasteiger partial charge in [0.1, 0.15) is 5.69 Å². The average molecular weight is 261 g/mol. The summed E-state index contributed by atoms with van der Waals surface area (Å²) in [7, 11) is 0. The van der Waals surface area contributed by atoms with E-state index in [1.807, 2.05) is 13.8 Å². The molecule has 2 aromatic rings. The van der Waals surface area contributed by atoms with Gasteiger partial charge in [-0.3, -0.25) is 10.1 Å². The molecule has 2 rings (SSSR count). The van der Waals surface area contributed by atoms with Crippen LogP contribution in [0.15, 0.2) is 30.5 Å². The Morgan fingerprint density at radius 3 is 2.79 bits per heavy atom. The Morgan fingerprint density at radius 2 is 2.21 bits per heavy atom. The lowest BCUT2D eigenvalue weighted by Gasteiger charge is -2.08. The van der Waals surface area contributed by atoms with Crippen LogP contribution < -0.4 is 4.74 Å². The van der Waals surface area contributed by atoms with Gasteiger partial charge in [0, 0.05) is 6.20 Å². The average Bonchev–Trinajstić information content (AvgIpc) is 2.82. The lowest BCUT2D eigenvalue weighted by molar-refractivity contribution is -0.385. The van der Waals surface area contributed by atoms with E-state index in [9.17, 15) is 10.1 Å². The summed E-state index contributed by atoms with van der Waals surface area (Å²) in [6.07, 6.45) is 2.49. The number of nitrogens with zero attached hydrogens (tertiary/aromatic N) is 3. The number of rotatable bonds is 5. The van der Waals surface area contributed by atoms with Crippen LogP contribution in [-0.4, -0.2) is 21.3 Å². The van der Waals surface area contributed by atoms with E-state index in [0.29, 0.717) is 12.3 Å². The summed E-state index contributed by atoms with van der Waals surface area (Å²) >= 11 is 0. The summed E-state index contributed by atoms with van der Waals surface area (Å²) in [6, 6.07) is 6.78. The quantitative estimate of drug-likeness (QED) is 0.613. The third-order valence-electron chi connectivity index (χ3n) is 2.59. The minimum Gasteiger partial charge on any atom is -0.487 e. The fraction of sp³-hybridized carbons (Fsp3) is 0.308. The number of aryl methyl sites for hydroxylation is 1. The molecule has 0 spiro atoms. The second kappa shape index (κ2) is 5.51. The topological polar surface area (TPSA) is 70.2 Å². The van der Waals surface area contributed by atoms with Gasteiger partial charge in [-0.2, -0.15) is 5.10 Å². The van der Waals surface area contributed by atoms with Crippen LogP contribution >= 0.6 is 0 Å². The molecule has 0 aliphatic rings. The summed E-state index contributed by atoms with van der Waals surface area (Å²) < 4.78 is 6.93. The van der Waals surface area contributed by atoms with E-state index in [0.717, 1.165) is 12.1 Å². The van der Waals surface area contributed by atoms with Crippen molar-refractivity contribution >= 4 is 5.69 Å². The van der Waals surface area contributed by atoms with Gasteiger partial charge in [-0.15, -0.1) is 0 Å². The van der Waals surface area contributed by atoms with Gasteiger partial charge in [0.2, 0.25) is 0 Å². The lowest BCUT2D eigenvalue weighted by Crippen LogP contribution is -2.05. The molecule has 0 saturated heterocycles. The van der Waals surface area contributed by atoms with Crippen LogP contribution in [-0.2, 0) is 0 Å². The van der Waals surface area contributed by atoms with Gasteiger partial charge >= 0.3 is 5.69 Å². The fourth-order valence-corrected chi connectivity index (χ4v) is 1.76. The number of hydrogen-bond acceptors (Lipinski definition) is 4. The van der Waals surface area contributed by atoms with Crippen molar-refractivity contribution in [2.24, 2.45) is 0 Å². The molecular weight excluding hydrogens is 246 g/mol. The molecule has 1 aromatic heterocycles. The van der Waals surface area contributed by atoms with Crippen molar-refractivity contribution in [3.8, 4) is 11.4 Å². The zero-order chi connectivity index (χ0) is 13.8. The molecule has 1 aromatic carbocycles. The van der Waals surface area contributed by atoms with Gasteiger partial charge in [-0.1, -0.05) is 13.0 Å². The highest BCUT2D eigenvalue weighted by Crippen LogP contribution is 2.33. The second-order valence-corrected chi connectivity index (χ2v) is 4.13. The highest BCUT2D eigenvalue weighted by atomic mass is 16.6. The highest BCUT2D eigenvalue weighted by Gasteiger charge is 2.22. The van der Waals surface area contributed by atoms with E-state index >= 15 is 0 Å². The first kappa shape index (κ1) is 13.1. The molecule has 0 atom stereocenters. The van der Waals surface area contributed by atoms with Gasteiger partial charge in [0.05, 0.1) is 17.2 Å². The van der Waals surface area contributed by atoms with E-state index in [2.05, 4.69) is 5.10 Å². The van der Waals surface area contributed by atoms with Crippen LogP contribution in [0.25, 0.3) is 5.69 Å². The summed E-state index contributed by atoms with van der Waals surface area (Å²) in [5, 5.41) is 15.5. The van der Waals surface area contributed by atoms with Crippen LogP contribution in [0, 0.1) is 17.0 Å². The third-order valence-corrected chi connectivity index (χ3v) is 2.59. The van der Waals surface area contributed by atoms with E-state index in [-0.39, 0.29) is 11.4 Å². The first-order valence-electron chi connectivity index (χ1n) is 6.06. The molecule has 0 fully saturated rings. The van der Waals surface area contributed by atoms with Crippen molar-refractivity contribution in [3.05, 3.63) is 46.3 Å². The predicted octanol–water partition coefficient (Wildman–Crippen LogP) is 2.88. The summed E-state index contributed by atoms with van der Waals surface area (Å²) in [6.45, 7) is 4.23. The third kappa shape index (κ3) is 2.73. The van der Waals surface area contributed by atoms with E-state index < -0.39 is 4.92 Å². The Kier molecular flexibility index (Phi) is 3.79. The number of ether oxygens (including phenoxy) is 1. The van der Waals surface area contributed by atoms with Crippen LogP contribution in [0.5, 0.6) is 5.75 Å². The Balaban J connectivity index is 2.51. The predicted molar refractivity (Wildman–Crippen MR) is 70.7 cm³/mol. The maximum Gasteiger partial charge on any atom is 0.336 e. The van der Waals surface area contributed by atoms with Crippen LogP contribution in [0.4, 0.5) is 5.69 Å². The molecule has 0 unspecified atom stereocenters. The van der Waals surface area contributed by atoms with Crippen molar-refractivity contribution in [2.75, 3.05) is 6.61 Å². The highest BCUT2D eigenvalue weighted by molar-refractivity contribution is 5.61. The van der Waals surface area contributed by atoms with Crippen molar-refractivity contribution < 1.29 is 9.66 Å². The van der Waals surface area contributed by atoms with Crippen molar-refractivity contribution in [1.82, 2.24) is 9.78 Å². The second-order valence-electron chi connectivity index (χ2n) is 4.13. The first-order valence-corrected chi connectivity index (χ1v) is 6.06. The molecule has 0 amide bonds. The zero-order valence-electron chi connectivity index (χ0n) is 10.9. The number of nitro groups is 1. The number of aromatic nitrogens is 2. The van der Waals surface area contributed by atoms with Gasteiger partial charge < -0.3 is 4.74 Å². The minimum absolute atomic E-state index is 0.0564. The molecule has 0 N–H and O–H groups in total. The normalized spacial score (nSPS) is 10.4. The monoisotopic (exact) mass is 261 g/mol. The Hall–Kier alpha value is -2.37. The van der Waals surface area contributed by atoms with Crippen LogP contribution in [0.3, 0.4) is 0 Å². The molecular formula is C13H15N3O3. The summed E-state index contributed by atoms with van der Waals surface area (Å²) in [5.41, 5.74) is 1.15. The smallest absolute Gasteiger partial charge is 0.336 e. The maximum absolute atomic E-state index is 11.3. The van der Waals surface area contributed by atoms with Gasteiger partial charge in [-0.25, -0.2) is 4.68 Å².